The number of aromatic nitrogens is 2. The number of rotatable bonds is 5. The molecule has 1 atom stereocenters. The minimum atomic E-state index is -0.906. The molecule has 9 heteroatoms. The number of imide groups is 1. The Labute approximate surface area is 166 Å². The summed E-state index contributed by atoms with van der Waals surface area (Å²) >= 11 is 6.05. The van der Waals surface area contributed by atoms with Crippen molar-refractivity contribution in [2.45, 2.75) is 32.2 Å². The molecule has 0 radical (unpaired) electrons. The van der Waals surface area contributed by atoms with Crippen molar-refractivity contribution in [2.24, 2.45) is 5.92 Å². The van der Waals surface area contributed by atoms with Gasteiger partial charge in [-0.3, -0.25) is 14.5 Å². The molecule has 4 rings (SSSR count). The lowest BCUT2D eigenvalue weighted by molar-refractivity contribution is -0.134. The maximum Gasteiger partial charge on any atom is 0.325 e. The Balaban J connectivity index is 1.51. The summed E-state index contributed by atoms with van der Waals surface area (Å²) in [7, 11) is 0. The number of aryl methyl sites for hydroxylation is 1. The molecule has 2 N–H and O–H groups in total. The van der Waals surface area contributed by atoms with Gasteiger partial charge in [-0.25, -0.2) is 9.48 Å². The lowest BCUT2D eigenvalue weighted by Crippen LogP contribution is -2.46. The summed E-state index contributed by atoms with van der Waals surface area (Å²) in [5, 5.41) is 10.4. The first-order valence-corrected chi connectivity index (χ1v) is 9.42. The van der Waals surface area contributed by atoms with Crippen molar-refractivity contribution >= 4 is 35.3 Å². The van der Waals surface area contributed by atoms with Crippen molar-refractivity contribution in [2.75, 3.05) is 11.9 Å². The Bertz CT molecular complexity index is 984. The highest BCUT2D eigenvalue weighted by Gasteiger charge is 2.56. The highest BCUT2D eigenvalue weighted by Crippen LogP contribution is 2.42. The summed E-state index contributed by atoms with van der Waals surface area (Å²) in [6.07, 6.45) is 1.81. The van der Waals surface area contributed by atoms with Crippen LogP contribution in [0.25, 0.3) is 5.69 Å². The van der Waals surface area contributed by atoms with Crippen LogP contribution >= 0.6 is 11.6 Å². The third-order valence-electron chi connectivity index (χ3n) is 5.15. The van der Waals surface area contributed by atoms with Crippen molar-refractivity contribution < 1.29 is 14.4 Å². The molecule has 1 aromatic carbocycles. The Hall–Kier alpha value is -2.87. The molecule has 4 amide bonds. The zero-order valence-electron chi connectivity index (χ0n) is 15.5. The molecule has 2 heterocycles. The van der Waals surface area contributed by atoms with Gasteiger partial charge in [0.1, 0.15) is 17.9 Å². The molecule has 0 spiro atoms. The van der Waals surface area contributed by atoms with Crippen LogP contribution in [-0.2, 0) is 9.59 Å². The topological polar surface area (TPSA) is 96.3 Å². The zero-order valence-corrected chi connectivity index (χ0v) is 16.3. The summed E-state index contributed by atoms with van der Waals surface area (Å²) in [6.45, 7) is 3.17. The van der Waals surface area contributed by atoms with E-state index < -0.39 is 17.5 Å². The maximum atomic E-state index is 12.7. The number of halogens is 1. The van der Waals surface area contributed by atoms with Gasteiger partial charge < -0.3 is 10.6 Å². The molecule has 1 unspecified atom stereocenters. The second kappa shape index (κ2) is 6.63. The van der Waals surface area contributed by atoms with E-state index in [9.17, 15) is 14.4 Å². The van der Waals surface area contributed by atoms with Gasteiger partial charge in [-0.1, -0.05) is 17.7 Å². The van der Waals surface area contributed by atoms with Gasteiger partial charge >= 0.3 is 6.03 Å². The summed E-state index contributed by atoms with van der Waals surface area (Å²) in [5.74, 6) is -0.257. The van der Waals surface area contributed by atoms with E-state index in [1.54, 1.807) is 42.8 Å². The first-order valence-electron chi connectivity index (χ1n) is 9.04. The molecule has 1 saturated carbocycles. The Morgan fingerprint density at radius 3 is 2.79 bits per heavy atom. The van der Waals surface area contributed by atoms with Gasteiger partial charge in [0.2, 0.25) is 5.91 Å². The molecular formula is C19H20ClN5O3. The van der Waals surface area contributed by atoms with Crippen LogP contribution in [0.5, 0.6) is 0 Å². The first kappa shape index (κ1) is 18.5. The molecule has 1 saturated heterocycles. The van der Waals surface area contributed by atoms with Crippen LogP contribution in [0.3, 0.4) is 0 Å². The lowest BCUT2D eigenvalue weighted by Gasteiger charge is -2.20. The van der Waals surface area contributed by atoms with Crippen molar-refractivity contribution in [3.8, 4) is 5.69 Å². The number of urea groups is 1. The number of anilines is 1. The number of nitrogens with one attached hydrogen (secondary N) is 2. The summed E-state index contributed by atoms with van der Waals surface area (Å²) < 4.78 is 1.55. The number of hydrogen-bond acceptors (Lipinski definition) is 4. The third-order valence-corrected chi connectivity index (χ3v) is 5.38. The first-order chi connectivity index (χ1) is 13.3. The molecule has 146 valence electrons. The van der Waals surface area contributed by atoms with Crippen LogP contribution in [0.1, 0.15) is 25.5 Å². The fourth-order valence-electron chi connectivity index (χ4n) is 3.52. The average molecular weight is 402 g/mol. The van der Waals surface area contributed by atoms with Gasteiger partial charge in [0.25, 0.3) is 5.91 Å². The second-order valence-corrected chi connectivity index (χ2v) is 7.85. The maximum absolute atomic E-state index is 12.7. The smallest absolute Gasteiger partial charge is 0.323 e. The Morgan fingerprint density at radius 2 is 2.11 bits per heavy atom. The number of hydrogen-bond donors (Lipinski definition) is 2. The van der Waals surface area contributed by atoms with E-state index in [0.717, 1.165) is 17.7 Å². The highest BCUT2D eigenvalue weighted by molar-refractivity contribution is 6.30. The van der Waals surface area contributed by atoms with Gasteiger partial charge in [-0.15, -0.1) is 0 Å². The normalized spacial score (nSPS) is 21.8. The molecule has 1 aromatic heterocycles. The molecule has 2 aliphatic rings. The van der Waals surface area contributed by atoms with Crippen molar-refractivity contribution in [3.63, 3.8) is 0 Å². The monoisotopic (exact) mass is 401 g/mol. The van der Waals surface area contributed by atoms with Gasteiger partial charge in [0.15, 0.2) is 0 Å². The minimum Gasteiger partial charge on any atom is -0.323 e. The molecule has 1 aliphatic heterocycles. The predicted molar refractivity (Wildman–Crippen MR) is 103 cm³/mol. The molecule has 1 aliphatic carbocycles. The SMILES string of the molecule is Cc1cc(NC(=O)CN2C(=O)NC(C)(C3CC3)C2=O)n(-c2cccc(Cl)c2)n1. The second-order valence-electron chi connectivity index (χ2n) is 7.41. The molecular weight excluding hydrogens is 382 g/mol. The number of carbonyl (C=O) groups is 3. The van der Waals surface area contributed by atoms with Crippen LogP contribution in [0, 0.1) is 12.8 Å². The van der Waals surface area contributed by atoms with Crippen LogP contribution in [0.15, 0.2) is 30.3 Å². The van der Waals surface area contributed by atoms with Crippen LogP contribution < -0.4 is 10.6 Å². The number of nitrogens with zero attached hydrogens (tertiary/aromatic N) is 3. The molecule has 2 fully saturated rings. The minimum absolute atomic E-state index is 0.143. The average Bonchev–Trinajstić information content (AvgIpc) is 3.39. The van der Waals surface area contributed by atoms with Crippen LogP contribution in [0.2, 0.25) is 5.02 Å². The molecule has 8 nitrogen and oxygen atoms in total. The Morgan fingerprint density at radius 1 is 1.36 bits per heavy atom. The largest absolute Gasteiger partial charge is 0.325 e. The van der Waals surface area contributed by atoms with Gasteiger partial charge in [0, 0.05) is 11.1 Å². The predicted octanol–water partition coefficient (Wildman–Crippen LogP) is 2.49. The van der Waals surface area contributed by atoms with E-state index >= 15 is 0 Å². The van der Waals surface area contributed by atoms with Gasteiger partial charge in [-0.05, 0) is 50.8 Å². The lowest BCUT2D eigenvalue weighted by atomic mass is 9.96. The number of carbonyl (C=O) groups excluding carboxylic acids is 3. The van der Waals surface area contributed by atoms with Crippen molar-refractivity contribution in [1.29, 1.82) is 0 Å². The van der Waals surface area contributed by atoms with E-state index in [1.165, 1.54) is 0 Å². The van der Waals surface area contributed by atoms with Gasteiger partial charge in [-0.2, -0.15) is 5.10 Å². The van der Waals surface area contributed by atoms with Crippen LogP contribution in [-0.4, -0.2) is 44.6 Å². The van der Waals surface area contributed by atoms with E-state index in [2.05, 4.69) is 15.7 Å². The fourth-order valence-corrected chi connectivity index (χ4v) is 3.70. The molecule has 0 bridgehead atoms. The van der Waals surface area contributed by atoms with E-state index in [0.29, 0.717) is 22.2 Å². The molecule has 28 heavy (non-hydrogen) atoms. The number of amides is 4. The van der Waals surface area contributed by atoms with Crippen LogP contribution in [0.4, 0.5) is 10.6 Å². The van der Waals surface area contributed by atoms with E-state index in [4.69, 9.17) is 11.6 Å². The van der Waals surface area contributed by atoms with E-state index in [1.807, 2.05) is 6.07 Å². The summed E-state index contributed by atoms with van der Waals surface area (Å²) in [6, 6.07) is 8.24. The third kappa shape index (κ3) is 3.24. The fraction of sp³-hybridized carbons (Fsp3) is 0.368. The molecule has 2 aromatic rings. The van der Waals surface area contributed by atoms with Gasteiger partial charge in [0.05, 0.1) is 11.4 Å². The standard InChI is InChI=1S/C19H20ClN5O3/c1-11-8-15(25(23-11)14-5-3-4-13(20)9-14)21-16(26)10-24-17(27)19(2,12-6-7-12)22-18(24)28/h3-5,8-9,12H,6-7,10H2,1-2H3,(H,21,26)(H,22,28). The van der Waals surface area contributed by atoms with Crippen molar-refractivity contribution in [1.82, 2.24) is 20.0 Å². The van der Waals surface area contributed by atoms with E-state index in [-0.39, 0.29) is 18.4 Å². The highest BCUT2D eigenvalue weighted by atomic mass is 35.5. The zero-order chi connectivity index (χ0) is 20.1. The quantitative estimate of drug-likeness (QED) is 0.752. The summed E-state index contributed by atoms with van der Waals surface area (Å²) in [4.78, 5) is 38.4. The van der Waals surface area contributed by atoms with Crippen molar-refractivity contribution in [3.05, 3.63) is 41.0 Å². The summed E-state index contributed by atoms with van der Waals surface area (Å²) in [5.41, 5.74) is 0.482. The Kier molecular flexibility index (Phi) is 4.38. The number of benzene rings is 1.